The van der Waals surface area contributed by atoms with E-state index in [9.17, 15) is 14.0 Å². The highest BCUT2D eigenvalue weighted by Crippen LogP contribution is 2.36. The number of halogens is 2. The van der Waals surface area contributed by atoms with Gasteiger partial charge in [-0.05, 0) is 51.8 Å². The molecule has 1 aliphatic heterocycles. The molecular formula is C25H27F2N5. The Morgan fingerprint density at radius 3 is 2.44 bits per heavy atom. The summed E-state index contributed by atoms with van der Waals surface area (Å²) in [5.41, 5.74) is 2.35. The van der Waals surface area contributed by atoms with Crippen LogP contribution in [0, 0.1) is 23.0 Å². The minimum Gasteiger partial charge on any atom is -0.370 e. The van der Waals surface area contributed by atoms with Crippen molar-refractivity contribution in [2.45, 2.75) is 45.2 Å². The van der Waals surface area contributed by atoms with Gasteiger partial charge in [0.1, 0.15) is 11.6 Å². The quantitative estimate of drug-likeness (QED) is 0.568. The number of nitrogens with zero attached hydrogens (tertiary/aromatic N) is 3. The Morgan fingerprint density at radius 1 is 1.06 bits per heavy atom. The van der Waals surface area contributed by atoms with Crippen LogP contribution in [0.15, 0.2) is 42.5 Å². The first-order chi connectivity index (χ1) is 15.2. The Morgan fingerprint density at radius 2 is 1.78 bits per heavy atom. The third-order valence-corrected chi connectivity index (χ3v) is 5.61. The molecule has 0 spiro atoms. The average molecular weight is 436 g/mol. The van der Waals surface area contributed by atoms with E-state index in [1.807, 2.05) is 24.3 Å². The maximum atomic E-state index is 13.7. The first-order valence-corrected chi connectivity index (χ1v) is 10.8. The van der Waals surface area contributed by atoms with E-state index in [0.29, 0.717) is 23.1 Å². The molecule has 4 rings (SSSR count). The standard InChI is InChI=1S/C25H27F2N5/c1-25(2,3)31-16-10-12-32(13-11-16)23-18-6-4-5-7-22(18)30-24(19(23)15-28)29-17-8-9-20(26)21(27)14-17/h4-9,14,16,31H,10-13H2,1-3H3,(H,29,30). The molecule has 2 heterocycles. The second-order valence-electron chi connectivity index (χ2n) is 9.22. The smallest absolute Gasteiger partial charge is 0.160 e. The lowest BCUT2D eigenvalue weighted by atomic mass is 9.98. The molecule has 2 N–H and O–H groups in total. The van der Waals surface area contributed by atoms with Crippen LogP contribution in [0.25, 0.3) is 10.9 Å². The van der Waals surface area contributed by atoms with Crippen molar-refractivity contribution in [3.05, 3.63) is 59.7 Å². The van der Waals surface area contributed by atoms with Crippen LogP contribution >= 0.6 is 0 Å². The fourth-order valence-electron chi connectivity index (χ4n) is 4.29. The zero-order chi connectivity index (χ0) is 22.9. The molecule has 32 heavy (non-hydrogen) atoms. The molecule has 1 saturated heterocycles. The molecule has 3 aromatic rings. The molecule has 1 aromatic heterocycles. The fourth-order valence-corrected chi connectivity index (χ4v) is 4.29. The molecule has 5 nitrogen and oxygen atoms in total. The maximum absolute atomic E-state index is 13.7. The van der Waals surface area contributed by atoms with Crippen molar-refractivity contribution in [2.75, 3.05) is 23.3 Å². The summed E-state index contributed by atoms with van der Waals surface area (Å²) in [7, 11) is 0. The lowest BCUT2D eigenvalue weighted by Gasteiger charge is -2.38. The minimum absolute atomic E-state index is 0.0511. The van der Waals surface area contributed by atoms with E-state index in [4.69, 9.17) is 0 Å². The lowest BCUT2D eigenvalue weighted by Crippen LogP contribution is -2.49. The van der Waals surface area contributed by atoms with E-state index in [1.165, 1.54) is 6.07 Å². The third-order valence-electron chi connectivity index (χ3n) is 5.61. The second kappa shape index (κ2) is 8.71. The molecule has 0 atom stereocenters. The number of benzene rings is 2. The van der Waals surface area contributed by atoms with Crippen LogP contribution in [-0.2, 0) is 0 Å². The first-order valence-electron chi connectivity index (χ1n) is 10.8. The predicted octanol–water partition coefficient (Wildman–Crippen LogP) is 5.49. The molecule has 0 radical (unpaired) electrons. The number of nitrogens with one attached hydrogen (secondary N) is 2. The molecule has 0 aliphatic carbocycles. The summed E-state index contributed by atoms with van der Waals surface area (Å²) in [5, 5.41) is 17.7. The second-order valence-corrected chi connectivity index (χ2v) is 9.22. The van der Waals surface area contributed by atoms with Gasteiger partial charge in [-0.25, -0.2) is 13.8 Å². The van der Waals surface area contributed by atoms with Gasteiger partial charge in [0.15, 0.2) is 17.5 Å². The SMILES string of the molecule is CC(C)(C)NC1CCN(c2c(C#N)c(Nc3ccc(F)c(F)c3)nc3ccccc23)CC1. The van der Waals surface area contributed by atoms with Crippen molar-refractivity contribution in [1.82, 2.24) is 10.3 Å². The Balaban J connectivity index is 1.72. The molecular weight excluding hydrogens is 408 g/mol. The van der Waals surface area contributed by atoms with Crippen molar-refractivity contribution >= 4 is 28.1 Å². The normalized spacial score (nSPS) is 15.1. The van der Waals surface area contributed by atoms with E-state index in [1.54, 1.807) is 0 Å². The van der Waals surface area contributed by atoms with Crippen LogP contribution in [0.2, 0.25) is 0 Å². The number of nitriles is 1. The zero-order valence-corrected chi connectivity index (χ0v) is 18.5. The highest BCUT2D eigenvalue weighted by atomic mass is 19.2. The van der Waals surface area contributed by atoms with E-state index in [-0.39, 0.29) is 5.54 Å². The minimum atomic E-state index is -0.956. The van der Waals surface area contributed by atoms with Crippen LogP contribution in [0.5, 0.6) is 0 Å². The van der Waals surface area contributed by atoms with Gasteiger partial charge < -0.3 is 15.5 Å². The number of rotatable bonds is 4. The summed E-state index contributed by atoms with van der Waals surface area (Å²) < 4.78 is 27.1. The van der Waals surface area contributed by atoms with E-state index in [2.05, 4.69) is 47.4 Å². The topological polar surface area (TPSA) is 64.0 Å². The van der Waals surface area contributed by atoms with Crippen molar-refractivity contribution in [1.29, 1.82) is 5.26 Å². The number of piperidine rings is 1. The summed E-state index contributed by atoms with van der Waals surface area (Å²) in [6.45, 7) is 8.11. The molecule has 1 aliphatic rings. The van der Waals surface area contributed by atoms with Gasteiger partial charge in [-0.15, -0.1) is 0 Å². The number of pyridine rings is 1. The van der Waals surface area contributed by atoms with Gasteiger partial charge >= 0.3 is 0 Å². The fraction of sp³-hybridized carbons (Fsp3) is 0.360. The molecule has 0 saturated carbocycles. The van der Waals surface area contributed by atoms with Gasteiger partial charge in [0.2, 0.25) is 0 Å². The molecule has 1 fully saturated rings. The van der Waals surface area contributed by atoms with Gasteiger partial charge in [-0.1, -0.05) is 18.2 Å². The molecule has 0 amide bonds. The third kappa shape index (κ3) is 4.66. The monoisotopic (exact) mass is 435 g/mol. The van der Waals surface area contributed by atoms with Crippen molar-refractivity contribution in [2.24, 2.45) is 0 Å². The van der Waals surface area contributed by atoms with Gasteiger partial charge in [0.25, 0.3) is 0 Å². The predicted molar refractivity (Wildman–Crippen MR) is 124 cm³/mol. The van der Waals surface area contributed by atoms with Crippen molar-refractivity contribution in [3.63, 3.8) is 0 Å². The van der Waals surface area contributed by atoms with Crippen LogP contribution in [0.4, 0.5) is 26.0 Å². The summed E-state index contributed by atoms with van der Waals surface area (Å²) in [4.78, 5) is 6.86. The van der Waals surface area contributed by atoms with Crippen LogP contribution < -0.4 is 15.5 Å². The Labute approximate surface area is 187 Å². The van der Waals surface area contributed by atoms with Gasteiger partial charge in [-0.3, -0.25) is 0 Å². The van der Waals surface area contributed by atoms with Crippen molar-refractivity contribution < 1.29 is 8.78 Å². The first kappa shape index (κ1) is 22.0. The molecule has 0 unspecified atom stereocenters. The van der Waals surface area contributed by atoms with Crippen LogP contribution in [0.1, 0.15) is 39.2 Å². The molecule has 7 heteroatoms. The Kier molecular flexibility index (Phi) is 5.98. The Bertz CT molecular complexity index is 1170. The van der Waals surface area contributed by atoms with Crippen LogP contribution in [0.3, 0.4) is 0 Å². The maximum Gasteiger partial charge on any atom is 0.160 e. The number of anilines is 3. The van der Waals surface area contributed by atoms with Crippen molar-refractivity contribution in [3.8, 4) is 6.07 Å². The lowest BCUT2D eigenvalue weighted by molar-refractivity contribution is 0.317. The van der Waals surface area contributed by atoms with E-state index >= 15 is 0 Å². The van der Waals surface area contributed by atoms with E-state index in [0.717, 1.165) is 54.7 Å². The molecule has 0 bridgehead atoms. The summed E-state index contributed by atoms with van der Waals surface area (Å²) in [6.07, 6.45) is 1.93. The van der Waals surface area contributed by atoms with Crippen LogP contribution in [-0.4, -0.2) is 29.7 Å². The largest absolute Gasteiger partial charge is 0.370 e. The Hall–Kier alpha value is -3.24. The van der Waals surface area contributed by atoms with Gasteiger partial charge in [-0.2, -0.15) is 5.26 Å². The highest BCUT2D eigenvalue weighted by Gasteiger charge is 2.27. The van der Waals surface area contributed by atoms with Gasteiger partial charge in [0, 0.05) is 41.8 Å². The number of hydrogen-bond donors (Lipinski definition) is 2. The number of para-hydroxylation sites is 1. The summed E-state index contributed by atoms with van der Waals surface area (Å²) in [5.74, 6) is -1.54. The number of aromatic nitrogens is 1. The summed E-state index contributed by atoms with van der Waals surface area (Å²) in [6, 6.07) is 14.0. The molecule has 2 aromatic carbocycles. The molecule has 166 valence electrons. The number of fused-ring (bicyclic) bond motifs is 1. The zero-order valence-electron chi connectivity index (χ0n) is 18.5. The average Bonchev–Trinajstić information content (AvgIpc) is 2.75. The van der Waals surface area contributed by atoms with E-state index < -0.39 is 11.6 Å². The summed E-state index contributed by atoms with van der Waals surface area (Å²) >= 11 is 0. The highest BCUT2D eigenvalue weighted by molar-refractivity contribution is 5.98. The number of hydrogen-bond acceptors (Lipinski definition) is 5. The van der Waals surface area contributed by atoms with Gasteiger partial charge in [0.05, 0.1) is 11.2 Å².